The number of benzene rings is 1. The number of nitrogens with zero attached hydrogens (tertiary/aromatic N) is 1. The van der Waals surface area contributed by atoms with Crippen LogP contribution in [-0.2, 0) is 10.0 Å². The third-order valence-corrected chi connectivity index (χ3v) is 5.83. The molecule has 0 saturated carbocycles. The van der Waals surface area contributed by atoms with Crippen LogP contribution in [0.5, 0.6) is 0 Å². The highest BCUT2D eigenvalue weighted by atomic mass is 32.2. The summed E-state index contributed by atoms with van der Waals surface area (Å²) in [5.41, 5.74) is 0.489. The molecule has 1 heterocycles. The maximum atomic E-state index is 12.4. The van der Waals surface area contributed by atoms with E-state index in [4.69, 9.17) is 0 Å². The van der Waals surface area contributed by atoms with Crippen molar-refractivity contribution in [1.82, 2.24) is 9.62 Å². The van der Waals surface area contributed by atoms with E-state index in [2.05, 4.69) is 12.2 Å². The van der Waals surface area contributed by atoms with Crippen molar-refractivity contribution in [3.8, 4) is 0 Å². The third-order valence-electron chi connectivity index (χ3n) is 3.92. The van der Waals surface area contributed by atoms with Crippen molar-refractivity contribution >= 4 is 15.9 Å². The van der Waals surface area contributed by atoms with Gasteiger partial charge in [0.15, 0.2) is 0 Å². The highest BCUT2D eigenvalue weighted by molar-refractivity contribution is 7.89. The van der Waals surface area contributed by atoms with Gasteiger partial charge in [0, 0.05) is 24.7 Å². The van der Waals surface area contributed by atoms with Gasteiger partial charge in [0.1, 0.15) is 0 Å². The first kappa shape index (κ1) is 17.0. The maximum absolute atomic E-state index is 12.4. The molecule has 5 nitrogen and oxygen atoms in total. The predicted octanol–water partition coefficient (Wildman–Crippen LogP) is 2.39. The van der Waals surface area contributed by atoms with Gasteiger partial charge in [-0.1, -0.05) is 13.3 Å². The van der Waals surface area contributed by atoms with Gasteiger partial charge in [-0.2, -0.15) is 4.31 Å². The molecule has 0 spiro atoms. The van der Waals surface area contributed by atoms with Crippen LogP contribution in [-0.4, -0.2) is 37.8 Å². The number of carbonyl (C=O) groups is 1. The van der Waals surface area contributed by atoms with Gasteiger partial charge in [-0.15, -0.1) is 0 Å². The van der Waals surface area contributed by atoms with Crippen molar-refractivity contribution in [2.24, 2.45) is 0 Å². The second kappa shape index (κ2) is 7.24. The molecule has 6 heteroatoms. The quantitative estimate of drug-likeness (QED) is 0.874. The SMILES string of the molecule is CCC[C@@H](C)NC(=O)c1ccc(S(=O)(=O)N2CCCC2)cc1. The van der Waals surface area contributed by atoms with Crippen LogP contribution in [0.1, 0.15) is 49.9 Å². The van der Waals surface area contributed by atoms with Gasteiger partial charge in [0.25, 0.3) is 5.91 Å². The zero-order valence-corrected chi connectivity index (χ0v) is 14.0. The lowest BCUT2D eigenvalue weighted by Crippen LogP contribution is -2.32. The summed E-state index contributed by atoms with van der Waals surface area (Å²) in [6, 6.07) is 6.32. The van der Waals surface area contributed by atoms with E-state index >= 15 is 0 Å². The molecule has 0 bridgehead atoms. The number of nitrogens with one attached hydrogen (secondary N) is 1. The highest BCUT2D eigenvalue weighted by Crippen LogP contribution is 2.21. The van der Waals surface area contributed by atoms with E-state index in [1.54, 1.807) is 12.1 Å². The summed E-state index contributed by atoms with van der Waals surface area (Å²) in [4.78, 5) is 12.3. The van der Waals surface area contributed by atoms with E-state index in [1.807, 2.05) is 6.92 Å². The molecule has 1 aliphatic heterocycles. The fraction of sp³-hybridized carbons (Fsp3) is 0.562. The highest BCUT2D eigenvalue weighted by Gasteiger charge is 2.27. The van der Waals surface area contributed by atoms with Crippen molar-refractivity contribution in [2.45, 2.75) is 50.5 Å². The molecule has 0 aromatic heterocycles. The number of hydrogen-bond acceptors (Lipinski definition) is 3. The zero-order valence-electron chi connectivity index (χ0n) is 13.2. The molecule has 0 aliphatic carbocycles. The maximum Gasteiger partial charge on any atom is 0.251 e. The van der Waals surface area contributed by atoms with Gasteiger partial charge in [-0.05, 0) is 50.5 Å². The molecule has 22 heavy (non-hydrogen) atoms. The van der Waals surface area contributed by atoms with E-state index in [9.17, 15) is 13.2 Å². The Bertz CT molecular complexity index is 605. The van der Waals surface area contributed by atoms with Crippen LogP contribution in [0.4, 0.5) is 0 Å². The first-order valence-electron chi connectivity index (χ1n) is 7.86. The molecule has 0 radical (unpaired) electrons. The molecule has 1 aromatic rings. The summed E-state index contributed by atoms with van der Waals surface area (Å²) in [6.07, 6.45) is 3.76. The monoisotopic (exact) mass is 324 g/mol. The smallest absolute Gasteiger partial charge is 0.251 e. The van der Waals surface area contributed by atoms with Crippen LogP contribution in [0.15, 0.2) is 29.2 Å². The average molecular weight is 324 g/mol. The molecular formula is C16H24N2O3S. The molecule has 0 unspecified atom stereocenters. The molecule has 1 atom stereocenters. The number of carbonyl (C=O) groups excluding carboxylic acids is 1. The minimum atomic E-state index is -3.41. The molecule has 1 N–H and O–H groups in total. The molecule has 1 amide bonds. The summed E-state index contributed by atoms with van der Waals surface area (Å²) in [5.74, 6) is -0.161. The van der Waals surface area contributed by atoms with E-state index < -0.39 is 10.0 Å². The number of hydrogen-bond donors (Lipinski definition) is 1. The Balaban J connectivity index is 2.08. The van der Waals surface area contributed by atoms with Gasteiger partial charge in [0.2, 0.25) is 10.0 Å². The van der Waals surface area contributed by atoms with Crippen LogP contribution >= 0.6 is 0 Å². The lowest BCUT2D eigenvalue weighted by atomic mass is 10.1. The standard InChI is InChI=1S/C16H24N2O3S/c1-3-6-13(2)17-16(19)14-7-9-15(10-8-14)22(20,21)18-11-4-5-12-18/h7-10,13H,3-6,11-12H2,1-2H3,(H,17,19)/t13-/m1/s1. The Morgan fingerprint density at radius 2 is 1.82 bits per heavy atom. The van der Waals surface area contributed by atoms with Gasteiger partial charge in [-0.25, -0.2) is 8.42 Å². The number of sulfonamides is 1. The lowest BCUT2D eigenvalue weighted by molar-refractivity contribution is 0.0938. The van der Waals surface area contributed by atoms with Crippen molar-refractivity contribution < 1.29 is 13.2 Å². The Morgan fingerprint density at radius 1 is 1.23 bits per heavy atom. The zero-order chi connectivity index (χ0) is 16.2. The largest absolute Gasteiger partial charge is 0.350 e. The molecule has 1 saturated heterocycles. The fourth-order valence-electron chi connectivity index (χ4n) is 2.67. The van der Waals surface area contributed by atoms with Crippen LogP contribution < -0.4 is 5.32 Å². The first-order valence-corrected chi connectivity index (χ1v) is 9.30. The Kier molecular flexibility index (Phi) is 5.58. The molecule has 1 aromatic carbocycles. The van der Waals surface area contributed by atoms with Crippen molar-refractivity contribution in [3.63, 3.8) is 0 Å². The van der Waals surface area contributed by atoms with E-state index in [0.717, 1.165) is 25.7 Å². The van der Waals surface area contributed by atoms with Crippen molar-refractivity contribution in [3.05, 3.63) is 29.8 Å². The minimum absolute atomic E-state index is 0.116. The van der Waals surface area contributed by atoms with Gasteiger partial charge in [-0.3, -0.25) is 4.79 Å². The summed E-state index contributed by atoms with van der Waals surface area (Å²) < 4.78 is 26.3. The molecule has 122 valence electrons. The number of amides is 1. The Hall–Kier alpha value is -1.40. The average Bonchev–Trinajstić information content (AvgIpc) is 3.02. The van der Waals surface area contributed by atoms with Gasteiger partial charge < -0.3 is 5.32 Å². The lowest BCUT2D eigenvalue weighted by Gasteiger charge is -2.16. The molecule has 2 rings (SSSR count). The molecular weight excluding hydrogens is 300 g/mol. The van der Waals surface area contributed by atoms with Crippen LogP contribution in [0, 0.1) is 0 Å². The predicted molar refractivity (Wildman–Crippen MR) is 86.3 cm³/mol. The topological polar surface area (TPSA) is 66.5 Å². The first-order chi connectivity index (χ1) is 10.4. The summed E-state index contributed by atoms with van der Waals surface area (Å²) in [6.45, 7) is 5.20. The van der Waals surface area contributed by atoms with Crippen LogP contribution in [0.3, 0.4) is 0 Å². The number of rotatable bonds is 6. The van der Waals surface area contributed by atoms with E-state index in [1.165, 1.54) is 16.4 Å². The second-order valence-electron chi connectivity index (χ2n) is 5.80. The van der Waals surface area contributed by atoms with Crippen molar-refractivity contribution in [2.75, 3.05) is 13.1 Å². The molecule has 1 aliphatic rings. The van der Waals surface area contributed by atoms with E-state index in [0.29, 0.717) is 18.7 Å². The molecule has 1 fully saturated rings. The van der Waals surface area contributed by atoms with Gasteiger partial charge >= 0.3 is 0 Å². The van der Waals surface area contributed by atoms with E-state index in [-0.39, 0.29) is 16.8 Å². The summed E-state index contributed by atoms with van der Waals surface area (Å²) >= 11 is 0. The van der Waals surface area contributed by atoms with Crippen LogP contribution in [0.2, 0.25) is 0 Å². The second-order valence-corrected chi connectivity index (χ2v) is 7.74. The summed E-state index contributed by atoms with van der Waals surface area (Å²) in [7, 11) is -3.41. The minimum Gasteiger partial charge on any atom is -0.350 e. The third kappa shape index (κ3) is 3.87. The van der Waals surface area contributed by atoms with Crippen molar-refractivity contribution in [1.29, 1.82) is 0 Å². The Morgan fingerprint density at radius 3 is 2.36 bits per heavy atom. The normalized spacial score (nSPS) is 17.4. The fourth-order valence-corrected chi connectivity index (χ4v) is 4.19. The van der Waals surface area contributed by atoms with Gasteiger partial charge in [0.05, 0.1) is 4.90 Å². The summed E-state index contributed by atoms with van der Waals surface area (Å²) in [5, 5.41) is 2.91. The van der Waals surface area contributed by atoms with Crippen LogP contribution in [0.25, 0.3) is 0 Å². The Labute approximate surface area is 132 Å².